The minimum Gasteiger partial charge on any atom is -0.493 e. The molecule has 0 fully saturated rings. The summed E-state index contributed by atoms with van der Waals surface area (Å²) in [6, 6.07) is 7.10. The normalized spacial score (nSPS) is 13.7. The van der Waals surface area contributed by atoms with Gasteiger partial charge in [0.25, 0.3) is 0 Å². The molecule has 0 atom stereocenters. The van der Waals surface area contributed by atoms with Crippen molar-refractivity contribution in [3.05, 3.63) is 41.6 Å². The average Bonchev–Trinajstić information content (AvgIpc) is 2.82. The summed E-state index contributed by atoms with van der Waals surface area (Å²) in [5, 5.41) is 0.612. The van der Waals surface area contributed by atoms with Gasteiger partial charge in [-0.1, -0.05) is 25.6 Å². The van der Waals surface area contributed by atoms with Crippen LogP contribution in [0.2, 0.25) is 0 Å². The van der Waals surface area contributed by atoms with Gasteiger partial charge in [-0.3, -0.25) is 4.79 Å². The number of amides is 1. The van der Waals surface area contributed by atoms with Crippen molar-refractivity contribution in [2.24, 2.45) is 0 Å². The third-order valence-electron chi connectivity index (χ3n) is 5.47. The largest absolute Gasteiger partial charge is 0.493 e. The van der Waals surface area contributed by atoms with Crippen LogP contribution in [0.4, 0.5) is 0 Å². The lowest BCUT2D eigenvalue weighted by Crippen LogP contribution is -2.37. The standard InChI is InChI=1S/C22H29N3O5S2/c1-5-25(6-2)32(27,28)18-7-8-21(23-13-18)31-15-22(26)24-10-9-16-11-19(29-3)20(30-4)12-17(16)14-24/h7-8,11-13H,5-6,9-10,14-15H2,1-4H3. The minimum atomic E-state index is -3.54. The first-order valence-corrected chi connectivity index (χ1v) is 12.9. The van der Waals surface area contributed by atoms with E-state index in [4.69, 9.17) is 9.47 Å². The van der Waals surface area contributed by atoms with Crippen LogP contribution in [0.3, 0.4) is 0 Å². The zero-order valence-electron chi connectivity index (χ0n) is 18.8. The Morgan fingerprint density at radius 3 is 2.34 bits per heavy atom. The molecule has 0 aliphatic carbocycles. The Balaban J connectivity index is 1.62. The van der Waals surface area contributed by atoms with E-state index in [-0.39, 0.29) is 16.6 Å². The van der Waals surface area contributed by atoms with Crippen LogP contribution >= 0.6 is 11.8 Å². The summed E-state index contributed by atoms with van der Waals surface area (Å²) < 4.78 is 37.3. The van der Waals surface area contributed by atoms with E-state index in [0.29, 0.717) is 42.7 Å². The average molecular weight is 480 g/mol. The van der Waals surface area contributed by atoms with Crippen LogP contribution in [-0.4, -0.2) is 68.1 Å². The van der Waals surface area contributed by atoms with Gasteiger partial charge in [-0.05, 0) is 41.8 Å². The third kappa shape index (κ3) is 5.19. The first-order chi connectivity index (χ1) is 15.3. The molecule has 0 unspecified atom stereocenters. The first kappa shape index (κ1) is 24.3. The molecule has 0 bridgehead atoms. The van der Waals surface area contributed by atoms with Crippen LogP contribution < -0.4 is 9.47 Å². The fourth-order valence-electron chi connectivity index (χ4n) is 3.64. The van der Waals surface area contributed by atoms with Crippen molar-refractivity contribution in [1.29, 1.82) is 0 Å². The predicted molar refractivity (Wildman–Crippen MR) is 124 cm³/mol. The number of sulfonamides is 1. The molecule has 2 heterocycles. The maximum atomic E-state index is 12.8. The Bertz CT molecular complexity index is 1050. The third-order valence-corrected chi connectivity index (χ3v) is 8.43. The van der Waals surface area contributed by atoms with Gasteiger partial charge in [0.15, 0.2) is 11.5 Å². The summed E-state index contributed by atoms with van der Waals surface area (Å²) in [6.45, 7) is 5.56. The zero-order chi connectivity index (χ0) is 23.3. The van der Waals surface area contributed by atoms with Gasteiger partial charge in [-0.2, -0.15) is 4.31 Å². The van der Waals surface area contributed by atoms with Gasteiger partial charge in [0.1, 0.15) is 4.90 Å². The number of methoxy groups -OCH3 is 2. The summed E-state index contributed by atoms with van der Waals surface area (Å²) in [7, 11) is -0.332. The van der Waals surface area contributed by atoms with Crippen molar-refractivity contribution in [2.45, 2.75) is 36.7 Å². The van der Waals surface area contributed by atoms with E-state index >= 15 is 0 Å². The molecule has 1 aromatic heterocycles. The molecule has 0 spiro atoms. The van der Waals surface area contributed by atoms with Crippen LogP contribution in [-0.2, 0) is 27.8 Å². The van der Waals surface area contributed by atoms with Gasteiger partial charge in [-0.15, -0.1) is 0 Å². The van der Waals surface area contributed by atoms with Crippen molar-refractivity contribution in [3.8, 4) is 11.5 Å². The number of aromatic nitrogens is 1. The number of rotatable bonds is 9. The number of thioether (sulfide) groups is 1. The number of nitrogens with zero attached hydrogens (tertiary/aromatic N) is 3. The molecule has 1 aliphatic heterocycles. The Kier molecular flexibility index (Phi) is 8.02. The van der Waals surface area contributed by atoms with Gasteiger partial charge >= 0.3 is 0 Å². The predicted octanol–water partition coefficient (Wildman–Crippen LogP) is 2.81. The second kappa shape index (κ2) is 10.5. The van der Waals surface area contributed by atoms with E-state index in [1.807, 2.05) is 17.0 Å². The lowest BCUT2D eigenvalue weighted by Gasteiger charge is -2.29. The van der Waals surface area contributed by atoms with E-state index in [0.717, 1.165) is 17.5 Å². The number of hydrogen-bond acceptors (Lipinski definition) is 7. The highest BCUT2D eigenvalue weighted by Gasteiger charge is 2.24. The molecule has 174 valence electrons. The summed E-state index contributed by atoms with van der Waals surface area (Å²) >= 11 is 1.30. The molecule has 1 aromatic carbocycles. The molecule has 2 aromatic rings. The van der Waals surface area contributed by atoms with Crippen molar-refractivity contribution in [3.63, 3.8) is 0 Å². The Hall–Kier alpha value is -2.30. The number of ether oxygens (including phenoxy) is 2. The Labute approximate surface area is 194 Å². The van der Waals surface area contributed by atoms with Crippen LogP contribution in [0.25, 0.3) is 0 Å². The molecule has 0 radical (unpaired) electrons. The van der Waals surface area contributed by atoms with E-state index in [9.17, 15) is 13.2 Å². The van der Waals surface area contributed by atoms with Crippen LogP contribution in [0.1, 0.15) is 25.0 Å². The fourth-order valence-corrected chi connectivity index (χ4v) is 5.79. The van der Waals surface area contributed by atoms with E-state index in [2.05, 4.69) is 4.98 Å². The van der Waals surface area contributed by atoms with E-state index in [1.165, 1.54) is 22.3 Å². The Morgan fingerprint density at radius 1 is 1.12 bits per heavy atom. The minimum absolute atomic E-state index is 0.0112. The topological polar surface area (TPSA) is 89.0 Å². The van der Waals surface area contributed by atoms with E-state index in [1.54, 1.807) is 40.2 Å². The lowest BCUT2D eigenvalue weighted by atomic mass is 9.99. The number of carbonyl (C=O) groups is 1. The monoisotopic (exact) mass is 479 g/mol. The molecule has 0 saturated carbocycles. The number of pyridine rings is 1. The highest BCUT2D eigenvalue weighted by atomic mass is 32.2. The summed E-state index contributed by atoms with van der Waals surface area (Å²) in [4.78, 5) is 19.0. The smallest absolute Gasteiger partial charge is 0.244 e. The molecule has 1 amide bonds. The van der Waals surface area contributed by atoms with Gasteiger partial charge in [0.05, 0.1) is 25.0 Å². The molecule has 0 N–H and O–H groups in total. The maximum Gasteiger partial charge on any atom is 0.244 e. The molecule has 3 rings (SSSR count). The highest BCUT2D eigenvalue weighted by molar-refractivity contribution is 7.99. The van der Waals surface area contributed by atoms with Crippen LogP contribution in [0.15, 0.2) is 40.4 Å². The molecule has 0 saturated heterocycles. The zero-order valence-corrected chi connectivity index (χ0v) is 20.5. The first-order valence-electron chi connectivity index (χ1n) is 10.4. The molecular weight excluding hydrogens is 450 g/mol. The fraction of sp³-hybridized carbons (Fsp3) is 0.455. The van der Waals surface area contributed by atoms with Gasteiger partial charge in [0.2, 0.25) is 15.9 Å². The maximum absolute atomic E-state index is 12.8. The quantitative estimate of drug-likeness (QED) is 0.511. The van der Waals surface area contributed by atoms with Gasteiger partial charge < -0.3 is 14.4 Å². The summed E-state index contributed by atoms with van der Waals surface area (Å²) in [5.41, 5.74) is 2.21. The van der Waals surface area contributed by atoms with E-state index < -0.39 is 10.0 Å². The molecule has 32 heavy (non-hydrogen) atoms. The van der Waals surface area contributed by atoms with Crippen molar-refractivity contribution < 1.29 is 22.7 Å². The number of fused-ring (bicyclic) bond motifs is 1. The summed E-state index contributed by atoms with van der Waals surface area (Å²) in [6.07, 6.45) is 2.11. The van der Waals surface area contributed by atoms with Crippen LogP contribution in [0.5, 0.6) is 11.5 Å². The highest BCUT2D eigenvalue weighted by Crippen LogP contribution is 2.33. The van der Waals surface area contributed by atoms with Crippen LogP contribution in [0, 0.1) is 0 Å². The van der Waals surface area contributed by atoms with Gasteiger partial charge in [0, 0.05) is 32.4 Å². The number of hydrogen-bond donors (Lipinski definition) is 0. The molecule has 10 heteroatoms. The van der Waals surface area contributed by atoms with Crippen molar-refractivity contribution >= 4 is 27.7 Å². The number of carbonyl (C=O) groups excluding carboxylic acids is 1. The Morgan fingerprint density at radius 2 is 1.78 bits per heavy atom. The number of benzene rings is 1. The SMILES string of the molecule is CCN(CC)S(=O)(=O)c1ccc(SCC(=O)N2CCc3cc(OC)c(OC)cc3C2)nc1. The second-order valence-electron chi connectivity index (χ2n) is 7.25. The summed E-state index contributed by atoms with van der Waals surface area (Å²) in [5.74, 6) is 1.59. The lowest BCUT2D eigenvalue weighted by molar-refractivity contribution is -0.129. The molecule has 1 aliphatic rings. The van der Waals surface area contributed by atoms with Crippen molar-refractivity contribution in [2.75, 3.05) is 39.6 Å². The molecular formula is C22H29N3O5S2. The second-order valence-corrected chi connectivity index (χ2v) is 10.2. The van der Waals surface area contributed by atoms with Gasteiger partial charge in [-0.25, -0.2) is 13.4 Å². The molecule has 8 nitrogen and oxygen atoms in total. The van der Waals surface area contributed by atoms with Crippen molar-refractivity contribution in [1.82, 2.24) is 14.2 Å².